The topological polar surface area (TPSA) is 25.8 Å². The van der Waals surface area contributed by atoms with Crippen LogP contribution in [0.1, 0.15) is 22.3 Å². The summed E-state index contributed by atoms with van der Waals surface area (Å²) in [6.07, 6.45) is 0. The number of rotatable bonds is 6. The first-order chi connectivity index (χ1) is 30.2. The molecule has 0 saturated heterocycles. The van der Waals surface area contributed by atoms with E-state index >= 15 is 0 Å². The average Bonchev–Trinajstić information content (AvgIpc) is 3.65. The van der Waals surface area contributed by atoms with Gasteiger partial charge in [0.25, 0.3) is 0 Å². The summed E-state index contributed by atoms with van der Waals surface area (Å²) in [6, 6.07) is 83.6. The van der Waals surface area contributed by atoms with Gasteiger partial charge in [-0.3, -0.25) is 0 Å². The second kappa shape index (κ2) is 14.1. The van der Waals surface area contributed by atoms with Crippen molar-refractivity contribution in [2.45, 2.75) is 5.41 Å². The highest BCUT2D eigenvalue weighted by atomic mass is 14.9. The molecule has 10 aromatic carbocycles. The molecule has 61 heavy (non-hydrogen) atoms. The maximum atomic E-state index is 5.33. The van der Waals surface area contributed by atoms with Gasteiger partial charge in [-0.05, 0) is 101 Å². The Morgan fingerprint density at radius 3 is 1.54 bits per heavy atom. The van der Waals surface area contributed by atoms with Crippen molar-refractivity contribution in [3.05, 3.63) is 253 Å². The monoisotopic (exact) mass is 774 g/mol. The molecule has 0 unspecified atom stereocenters. The molecule has 2 heteroatoms. The highest BCUT2D eigenvalue weighted by molar-refractivity contribution is 6.07. The van der Waals surface area contributed by atoms with Crippen molar-refractivity contribution in [1.29, 1.82) is 0 Å². The second-order valence-electron chi connectivity index (χ2n) is 16.0. The fourth-order valence-corrected chi connectivity index (χ4v) is 9.99. The number of hydrogen-bond donors (Lipinski definition) is 0. The first-order valence-corrected chi connectivity index (χ1v) is 21.0. The van der Waals surface area contributed by atoms with Crippen LogP contribution in [0.15, 0.2) is 231 Å². The van der Waals surface area contributed by atoms with Gasteiger partial charge in [-0.25, -0.2) is 9.97 Å². The third kappa shape index (κ3) is 5.57. The number of benzene rings is 10. The molecule has 1 aliphatic rings. The summed E-state index contributed by atoms with van der Waals surface area (Å²) in [6.45, 7) is 0. The fourth-order valence-electron chi connectivity index (χ4n) is 9.99. The molecule has 0 N–H and O–H groups in total. The lowest BCUT2D eigenvalue weighted by atomic mass is 9.67. The molecule has 12 rings (SSSR count). The van der Waals surface area contributed by atoms with E-state index in [-0.39, 0.29) is 0 Å². The molecule has 0 bridgehead atoms. The lowest BCUT2D eigenvalue weighted by Gasteiger charge is -2.34. The summed E-state index contributed by atoms with van der Waals surface area (Å²) < 4.78 is 0. The minimum Gasteiger partial charge on any atom is -0.228 e. The molecule has 2 nitrogen and oxygen atoms in total. The summed E-state index contributed by atoms with van der Waals surface area (Å²) in [5.74, 6) is 0.704. The van der Waals surface area contributed by atoms with E-state index < -0.39 is 5.41 Å². The van der Waals surface area contributed by atoms with Gasteiger partial charge in [-0.2, -0.15) is 0 Å². The van der Waals surface area contributed by atoms with Gasteiger partial charge >= 0.3 is 0 Å². The molecule has 0 amide bonds. The molecule has 284 valence electrons. The van der Waals surface area contributed by atoms with Crippen LogP contribution in [-0.4, -0.2) is 9.97 Å². The van der Waals surface area contributed by atoms with Gasteiger partial charge in [0.15, 0.2) is 5.82 Å². The highest BCUT2D eigenvalue weighted by Crippen LogP contribution is 2.58. The van der Waals surface area contributed by atoms with Crippen LogP contribution in [0.3, 0.4) is 0 Å². The third-order valence-electron chi connectivity index (χ3n) is 12.8. The zero-order valence-electron chi connectivity index (χ0n) is 33.3. The fraction of sp³-hybridized carbons (Fsp3) is 0.0169. The lowest BCUT2D eigenvalue weighted by molar-refractivity contribution is 0.769. The number of nitrogens with zero attached hydrogens (tertiary/aromatic N) is 2. The van der Waals surface area contributed by atoms with Crippen molar-refractivity contribution < 1.29 is 0 Å². The zero-order chi connectivity index (χ0) is 40.3. The normalized spacial score (nSPS) is 12.7. The van der Waals surface area contributed by atoms with Gasteiger partial charge in [0.1, 0.15) is 0 Å². The van der Waals surface area contributed by atoms with E-state index in [4.69, 9.17) is 9.97 Å². The molecule has 1 aliphatic carbocycles. The van der Waals surface area contributed by atoms with Gasteiger partial charge < -0.3 is 0 Å². The second-order valence-corrected chi connectivity index (χ2v) is 16.0. The van der Waals surface area contributed by atoms with Crippen molar-refractivity contribution in [3.63, 3.8) is 0 Å². The molecule has 11 aromatic rings. The molecular formula is C59H38N2. The predicted octanol–water partition coefficient (Wildman–Crippen LogP) is 15.0. The van der Waals surface area contributed by atoms with Crippen LogP contribution in [0.4, 0.5) is 0 Å². The molecule has 0 atom stereocenters. The Morgan fingerprint density at radius 1 is 0.295 bits per heavy atom. The third-order valence-corrected chi connectivity index (χ3v) is 12.8. The van der Waals surface area contributed by atoms with Crippen LogP contribution in [0.25, 0.3) is 88.5 Å². The average molecular weight is 775 g/mol. The highest BCUT2D eigenvalue weighted by Gasteiger charge is 2.46. The van der Waals surface area contributed by atoms with Crippen molar-refractivity contribution in [2.75, 3.05) is 0 Å². The molecular weight excluding hydrogens is 737 g/mol. The van der Waals surface area contributed by atoms with E-state index in [1.165, 1.54) is 66.1 Å². The van der Waals surface area contributed by atoms with Gasteiger partial charge in [0, 0.05) is 16.7 Å². The van der Waals surface area contributed by atoms with Crippen molar-refractivity contribution >= 4 is 32.3 Å². The minimum absolute atomic E-state index is 0.520. The molecule has 0 spiro atoms. The summed E-state index contributed by atoms with van der Waals surface area (Å²) in [5, 5.41) is 7.19. The van der Waals surface area contributed by atoms with Gasteiger partial charge in [-0.1, -0.05) is 206 Å². The van der Waals surface area contributed by atoms with E-state index in [0.29, 0.717) is 5.82 Å². The Labute approximate surface area is 355 Å². The SMILES string of the molecule is c1ccc(-c2cc(-c3ccc4ccccc4c3)nc(-c3ccc(-c4ccc5c(c4)C(c4ccccc4)(c4ccccc4)c4ccc6ccccc6c4-5)c4ccccc34)n2)cc1. The first-order valence-electron chi connectivity index (χ1n) is 21.0. The van der Waals surface area contributed by atoms with E-state index in [1.54, 1.807) is 0 Å². The predicted molar refractivity (Wildman–Crippen MR) is 254 cm³/mol. The van der Waals surface area contributed by atoms with Crippen LogP contribution in [-0.2, 0) is 5.41 Å². The molecule has 0 saturated carbocycles. The minimum atomic E-state index is -0.520. The Bertz CT molecular complexity index is 3420. The summed E-state index contributed by atoms with van der Waals surface area (Å²) >= 11 is 0. The van der Waals surface area contributed by atoms with Gasteiger partial charge in [0.05, 0.1) is 16.8 Å². The van der Waals surface area contributed by atoms with Gasteiger partial charge in [0.2, 0.25) is 0 Å². The Kier molecular flexibility index (Phi) is 8.11. The number of aromatic nitrogens is 2. The number of fused-ring (bicyclic) bond motifs is 7. The van der Waals surface area contributed by atoms with E-state index in [0.717, 1.165) is 38.9 Å². The van der Waals surface area contributed by atoms with Crippen molar-refractivity contribution in [1.82, 2.24) is 9.97 Å². The summed E-state index contributed by atoms with van der Waals surface area (Å²) in [5.41, 5.74) is 14.4. The van der Waals surface area contributed by atoms with Crippen LogP contribution in [0.2, 0.25) is 0 Å². The Balaban J connectivity index is 1.08. The van der Waals surface area contributed by atoms with E-state index in [1.807, 2.05) is 6.07 Å². The molecule has 0 radical (unpaired) electrons. The van der Waals surface area contributed by atoms with Crippen molar-refractivity contribution in [3.8, 4) is 56.2 Å². The molecule has 0 fully saturated rings. The molecule has 1 aromatic heterocycles. The maximum absolute atomic E-state index is 5.33. The summed E-state index contributed by atoms with van der Waals surface area (Å²) in [4.78, 5) is 10.6. The first kappa shape index (κ1) is 35.0. The lowest BCUT2D eigenvalue weighted by Crippen LogP contribution is -2.28. The molecule has 0 aliphatic heterocycles. The Hall–Kier alpha value is -7.94. The zero-order valence-corrected chi connectivity index (χ0v) is 33.3. The molecule has 1 heterocycles. The van der Waals surface area contributed by atoms with Crippen LogP contribution in [0.5, 0.6) is 0 Å². The standard InChI is InChI=1S/C59H38N2/c1-4-18-41(19-5-1)55-38-56(44-29-28-39-16-10-11-20-42(39)36-44)61-58(60-55)51-34-33-47(49-26-14-15-27-50(49)51)43-30-32-52-54(37-43)59(45-21-6-2-7-22-45,46-23-8-3-9-24-46)53-35-31-40-17-12-13-25-48(40)57(52)53/h1-38H. The van der Waals surface area contributed by atoms with E-state index in [9.17, 15) is 0 Å². The van der Waals surface area contributed by atoms with E-state index in [2.05, 4.69) is 224 Å². The largest absolute Gasteiger partial charge is 0.228 e. The van der Waals surface area contributed by atoms with Crippen LogP contribution in [0, 0.1) is 0 Å². The van der Waals surface area contributed by atoms with Crippen LogP contribution < -0.4 is 0 Å². The number of hydrogen-bond acceptors (Lipinski definition) is 2. The maximum Gasteiger partial charge on any atom is 0.161 e. The van der Waals surface area contributed by atoms with Crippen LogP contribution >= 0.6 is 0 Å². The quantitative estimate of drug-likeness (QED) is 0.168. The summed E-state index contributed by atoms with van der Waals surface area (Å²) in [7, 11) is 0. The smallest absolute Gasteiger partial charge is 0.161 e. The van der Waals surface area contributed by atoms with Gasteiger partial charge in [-0.15, -0.1) is 0 Å². The Morgan fingerprint density at radius 2 is 0.820 bits per heavy atom. The van der Waals surface area contributed by atoms with Crippen molar-refractivity contribution in [2.24, 2.45) is 0 Å².